The van der Waals surface area contributed by atoms with Gasteiger partial charge in [-0.3, -0.25) is 0 Å². The van der Waals surface area contributed by atoms with Gasteiger partial charge >= 0.3 is 0 Å². The van der Waals surface area contributed by atoms with Gasteiger partial charge in [-0.25, -0.2) is 4.98 Å². The van der Waals surface area contributed by atoms with E-state index in [2.05, 4.69) is 4.98 Å². The van der Waals surface area contributed by atoms with Crippen LogP contribution in [0.1, 0.15) is 11.4 Å². The van der Waals surface area contributed by atoms with Crippen molar-refractivity contribution in [1.29, 1.82) is 0 Å². The molecule has 4 heteroatoms. The van der Waals surface area contributed by atoms with Crippen molar-refractivity contribution in [2.75, 3.05) is 7.11 Å². The summed E-state index contributed by atoms with van der Waals surface area (Å²) < 4.78 is 7.31. The summed E-state index contributed by atoms with van der Waals surface area (Å²) in [6.07, 6.45) is 3.69. The monoisotopic (exact) mass is 217 g/mol. The fourth-order valence-electron chi connectivity index (χ4n) is 1.81. The topological polar surface area (TPSA) is 53.1 Å². The number of aryl methyl sites for hydroxylation is 1. The molecule has 0 aliphatic carbocycles. The van der Waals surface area contributed by atoms with Crippen LogP contribution < -0.4 is 10.5 Å². The summed E-state index contributed by atoms with van der Waals surface area (Å²) in [5, 5.41) is 0. The lowest BCUT2D eigenvalue weighted by atomic mass is 10.1. The highest BCUT2D eigenvalue weighted by Crippen LogP contribution is 2.25. The second kappa shape index (κ2) is 4.37. The van der Waals surface area contributed by atoms with E-state index in [1.165, 1.54) is 0 Å². The van der Waals surface area contributed by atoms with E-state index in [1.54, 1.807) is 13.3 Å². The highest BCUT2D eigenvalue weighted by atomic mass is 16.5. The number of nitrogens with zero attached hydrogens (tertiary/aromatic N) is 2. The van der Waals surface area contributed by atoms with Crippen LogP contribution in [0.4, 0.5) is 0 Å². The zero-order valence-corrected chi connectivity index (χ0v) is 9.47. The fourth-order valence-corrected chi connectivity index (χ4v) is 1.81. The molecule has 2 N–H and O–H groups in total. The van der Waals surface area contributed by atoms with Crippen molar-refractivity contribution in [1.82, 2.24) is 9.55 Å². The van der Waals surface area contributed by atoms with Crippen molar-refractivity contribution in [2.45, 2.75) is 13.5 Å². The normalized spacial score (nSPS) is 10.4. The third-order valence-electron chi connectivity index (χ3n) is 2.62. The molecule has 0 bridgehead atoms. The number of ether oxygens (including phenoxy) is 1. The van der Waals surface area contributed by atoms with Gasteiger partial charge in [0.05, 0.1) is 12.8 Å². The molecule has 2 rings (SSSR count). The minimum Gasteiger partial charge on any atom is -0.496 e. The molecule has 0 radical (unpaired) electrons. The predicted octanol–water partition coefficient (Wildman–Crippen LogP) is 1.65. The molecule has 0 unspecified atom stereocenters. The minimum atomic E-state index is 0.441. The molecule has 16 heavy (non-hydrogen) atoms. The molecule has 1 aromatic heterocycles. The number of imidazole rings is 1. The van der Waals surface area contributed by atoms with E-state index in [-0.39, 0.29) is 0 Å². The Balaban J connectivity index is 2.61. The zero-order chi connectivity index (χ0) is 11.5. The number of nitrogens with two attached hydrogens (primary N) is 1. The molecule has 1 heterocycles. The number of methoxy groups -OCH3 is 1. The van der Waals surface area contributed by atoms with Crippen LogP contribution in [-0.4, -0.2) is 16.7 Å². The van der Waals surface area contributed by atoms with Gasteiger partial charge < -0.3 is 15.0 Å². The average Bonchev–Trinajstić information content (AvgIpc) is 2.74. The molecular weight excluding hydrogens is 202 g/mol. The number of hydrogen-bond acceptors (Lipinski definition) is 3. The quantitative estimate of drug-likeness (QED) is 0.850. The summed E-state index contributed by atoms with van der Waals surface area (Å²) in [6, 6.07) is 5.88. The van der Waals surface area contributed by atoms with Crippen LogP contribution in [0, 0.1) is 6.92 Å². The summed E-state index contributed by atoms with van der Waals surface area (Å²) >= 11 is 0. The Hall–Kier alpha value is -1.81. The highest BCUT2D eigenvalue weighted by Gasteiger charge is 2.10. The zero-order valence-electron chi connectivity index (χ0n) is 9.47. The summed E-state index contributed by atoms with van der Waals surface area (Å²) in [4.78, 5) is 4.21. The molecule has 0 saturated heterocycles. The van der Waals surface area contributed by atoms with Gasteiger partial charge in [-0.2, -0.15) is 0 Å². The Morgan fingerprint density at radius 2 is 2.25 bits per heavy atom. The second-order valence-electron chi connectivity index (χ2n) is 3.51. The number of rotatable bonds is 3. The van der Waals surface area contributed by atoms with E-state index in [1.807, 2.05) is 35.9 Å². The van der Waals surface area contributed by atoms with Crippen LogP contribution in [0.25, 0.3) is 5.69 Å². The van der Waals surface area contributed by atoms with E-state index >= 15 is 0 Å². The second-order valence-corrected chi connectivity index (χ2v) is 3.51. The van der Waals surface area contributed by atoms with Gasteiger partial charge in [0.2, 0.25) is 0 Å². The van der Waals surface area contributed by atoms with Crippen molar-refractivity contribution >= 4 is 0 Å². The first kappa shape index (κ1) is 10.7. The molecule has 4 nitrogen and oxygen atoms in total. The van der Waals surface area contributed by atoms with Crippen molar-refractivity contribution in [3.8, 4) is 11.4 Å². The molecule has 84 valence electrons. The van der Waals surface area contributed by atoms with Crippen molar-refractivity contribution in [2.24, 2.45) is 5.73 Å². The highest BCUT2D eigenvalue weighted by molar-refractivity contribution is 5.50. The molecular formula is C12H15N3O. The summed E-state index contributed by atoms with van der Waals surface area (Å²) in [7, 11) is 1.65. The Bertz CT molecular complexity index is 491. The number of benzene rings is 1. The van der Waals surface area contributed by atoms with E-state index in [0.29, 0.717) is 6.54 Å². The van der Waals surface area contributed by atoms with E-state index in [0.717, 1.165) is 22.8 Å². The van der Waals surface area contributed by atoms with Gasteiger partial charge in [-0.1, -0.05) is 6.07 Å². The largest absolute Gasteiger partial charge is 0.496 e. The smallest absolute Gasteiger partial charge is 0.125 e. The lowest BCUT2D eigenvalue weighted by Crippen LogP contribution is -2.07. The maximum absolute atomic E-state index is 5.77. The predicted molar refractivity (Wildman–Crippen MR) is 62.7 cm³/mol. The Morgan fingerprint density at radius 3 is 2.81 bits per heavy atom. The van der Waals surface area contributed by atoms with Crippen molar-refractivity contribution in [3.05, 3.63) is 42.0 Å². The number of aromatic nitrogens is 2. The van der Waals surface area contributed by atoms with Gasteiger partial charge in [0.1, 0.15) is 11.6 Å². The lowest BCUT2D eigenvalue weighted by Gasteiger charge is -2.13. The van der Waals surface area contributed by atoms with Crippen LogP contribution in [0.2, 0.25) is 0 Å². The maximum Gasteiger partial charge on any atom is 0.125 e. The van der Waals surface area contributed by atoms with Crippen molar-refractivity contribution < 1.29 is 4.74 Å². The fraction of sp³-hybridized carbons (Fsp3) is 0.250. The first-order valence-electron chi connectivity index (χ1n) is 5.14. The number of hydrogen-bond donors (Lipinski definition) is 1. The Labute approximate surface area is 94.7 Å². The maximum atomic E-state index is 5.77. The molecule has 0 spiro atoms. The standard InChI is InChI=1S/C12H15N3O/c1-9-14-6-7-15(9)11-4-3-5-12(16-2)10(11)8-13/h3-7H,8,13H2,1-2H3. The van der Waals surface area contributed by atoms with Gasteiger partial charge in [0.15, 0.2) is 0 Å². The van der Waals surface area contributed by atoms with E-state index in [9.17, 15) is 0 Å². The molecule has 1 aromatic carbocycles. The van der Waals surface area contributed by atoms with Crippen LogP contribution >= 0.6 is 0 Å². The first-order valence-corrected chi connectivity index (χ1v) is 5.14. The molecule has 0 fully saturated rings. The summed E-state index contributed by atoms with van der Waals surface area (Å²) in [5.41, 5.74) is 7.79. The van der Waals surface area contributed by atoms with Gasteiger partial charge in [-0.05, 0) is 19.1 Å². The molecule has 0 saturated carbocycles. The van der Waals surface area contributed by atoms with Crippen LogP contribution in [0.15, 0.2) is 30.6 Å². The molecule has 0 amide bonds. The minimum absolute atomic E-state index is 0.441. The SMILES string of the molecule is COc1cccc(-n2ccnc2C)c1CN. The van der Waals surface area contributed by atoms with Gasteiger partial charge in [0.25, 0.3) is 0 Å². The molecule has 0 atom stereocenters. The third-order valence-corrected chi connectivity index (χ3v) is 2.62. The van der Waals surface area contributed by atoms with E-state index < -0.39 is 0 Å². The Kier molecular flexibility index (Phi) is 2.92. The first-order chi connectivity index (χ1) is 7.77. The van der Waals surface area contributed by atoms with Gasteiger partial charge in [0, 0.05) is 24.5 Å². The van der Waals surface area contributed by atoms with Crippen LogP contribution in [0.5, 0.6) is 5.75 Å². The van der Waals surface area contributed by atoms with Crippen molar-refractivity contribution in [3.63, 3.8) is 0 Å². The molecule has 0 aliphatic rings. The average molecular weight is 217 g/mol. The molecule has 0 aliphatic heterocycles. The molecule has 2 aromatic rings. The lowest BCUT2D eigenvalue weighted by molar-refractivity contribution is 0.409. The Morgan fingerprint density at radius 1 is 1.44 bits per heavy atom. The van der Waals surface area contributed by atoms with E-state index in [4.69, 9.17) is 10.5 Å². The summed E-state index contributed by atoms with van der Waals surface area (Å²) in [6.45, 7) is 2.40. The van der Waals surface area contributed by atoms with Gasteiger partial charge in [-0.15, -0.1) is 0 Å². The third kappa shape index (κ3) is 1.67. The summed E-state index contributed by atoms with van der Waals surface area (Å²) in [5.74, 6) is 1.75. The van der Waals surface area contributed by atoms with Crippen LogP contribution in [0.3, 0.4) is 0 Å². The van der Waals surface area contributed by atoms with Crippen LogP contribution in [-0.2, 0) is 6.54 Å².